The van der Waals surface area contributed by atoms with E-state index in [4.69, 9.17) is 5.11 Å². The Labute approximate surface area is 122 Å². The van der Waals surface area contributed by atoms with Gasteiger partial charge in [0.2, 0.25) is 11.8 Å². The van der Waals surface area contributed by atoms with Gasteiger partial charge >= 0.3 is 12.0 Å². The molecule has 0 radical (unpaired) electrons. The molecule has 21 heavy (non-hydrogen) atoms. The number of carboxylic acid groups (broad SMARTS) is 1. The van der Waals surface area contributed by atoms with E-state index < -0.39 is 17.9 Å². The largest absolute Gasteiger partial charge is 0.481 e. The predicted octanol–water partition coefficient (Wildman–Crippen LogP) is 0.0796. The van der Waals surface area contributed by atoms with Crippen LogP contribution in [0.15, 0.2) is 0 Å². The van der Waals surface area contributed by atoms with E-state index >= 15 is 0 Å². The molecule has 8 heteroatoms. The molecule has 1 aliphatic heterocycles. The first kappa shape index (κ1) is 16.9. The van der Waals surface area contributed by atoms with E-state index in [1.165, 1.54) is 0 Å². The summed E-state index contributed by atoms with van der Waals surface area (Å²) in [6.45, 7) is 1.26. The normalized spacial score (nSPS) is 14.4. The zero-order valence-corrected chi connectivity index (χ0v) is 11.9. The molecule has 4 amide bonds. The van der Waals surface area contributed by atoms with Gasteiger partial charge in [-0.25, -0.2) is 4.79 Å². The minimum Gasteiger partial charge on any atom is -0.481 e. The third-order valence-corrected chi connectivity index (χ3v) is 3.16. The second-order valence-electron chi connectivity index (χ2n) is 4.92. The molecule has 0 saturated carbocycles. The van der Waals surface area contributed by atoms with Crippen LogP contribution in [-0.4, -0.2) is 53.5 Å². The van der Waals surface area contributed by atoms with Crippen LogP contribution in [0.5, 0.6) is 0 Å². The molecule has 0 atom stereocenters. The number of nitrogens with one attached hydrogen (secondary N) is 2. The number of likely N-dealkylation sites (tertiary alicyclic amines) is 1. The molecule has 1 rings (SSSR count). The first-order valence-electron chi connectivity index (χ1n) is 7.06. The minimum absolute atomic E-state index is 0.0419. The average Bonchev–Trinajstić information content (AvgIpc) is 2.45. The number of carbonyl (C=O) groups excluding carboxylic acids is 3. The lowest BCUT2D eigenvalue weighted by molar-refractivity contribution is -0.137. The highest BCUT2D eigenvalue weighted by molar-refractivity contribution is 5.95. The molecule has 0 aromatic rings. The summed E-state index contributed by atoms with van der Waals surface area (Å²) in [5.41, 5.74) is 0. The van der Waals surface area contributed by atoms with Crippen molar-refractivity contribution in [3.8, 4) is 0 Å². The van der Waals surface area contributed by atoms with Gasteiger partial charge in [-0.15, -0.1) is 0 Å². The van der Waals surface area contributed by atoms with Crippen molar-refractivity contribution in [1.82, 2.24) is 15.5 Å². The number of carboxylic acids is 1. The van der Waals surface area contributed by atoms with E-state index in [0.717, 1.165) is 19.3 Å². The highest BCUT2D eigenvalue weighted by Crippen LogP contribution is 2.08. The first-order chi connectivity index (χ1) is 9.99. The SMILES string of the molecule is O=C(O)CCCC(=O)NC(=O)NCC(=O)N1CCCCC1. The van der Waals surface area contributed by atoms with Gasteiger partial charge in [0.25, 0.3) is 0 Å². The monoisotopic (exact) mass is 299 g/mol. The van der Waals surface area contributed by atoms with Gasteiger partial charge in [-0.1, -0.05) is 0 Å². The van der Waals surface area contributed by atoms with E-state index in [1.54, 1.807) is 4.90 Å². The number of urea groups is 1. The van der Waals surface area contributed by atoms with Crippen LogP contribution < -0.4 is 10.6 Å². The van der Waals surface area contributed by atoms with E-state index in [0.29, 0.717) is 13.1 Å². The van der Waals surface area contributed by atoms with Crippen molar-refractivity contribution in [2.75, 3.05) is 19.6 Å². The Hall–Kier alpha value is -2.12. The average molecular weight is 299 g/mol. The van der Waals surface area contributed by atoms with Crippen molar-refractivity contribution < 1.29 is 24.3 Å². The Morgan fingerprint density at radius 2 is 1.67 bits per heavy atom. The highest BCUT2D eigenvalue weighted by atomic mass is 16.4. The molecule has 1 heterocycles. The fraction of sp³-hybridized carbons (Fsp3) is 0.692. The lowest BCUT2D eigenvalue weighted by Crippen LogP contribution is -2.46. The fourth-order valence-electron chi connectivity index (χ4n) is 2.04. The molecule has 1 saturated heterocycles. The highest BCUT2D eigenvalue weighted by Gasteiger charge is 2.17. The van der Waals surface area contributed by atoms with Crippen LogP contribution in [-0.2, 0) is 14.4 Å². The molecule has 0 unspecified atom stereocenters. The Bertz CT molecular complexity index is 405. The van der Waals surface area contributed by atoms with Gasteiger partial charge in [0.05, 0.1) is 6.54 Å². The van der Waals surface area contributed by atoms with Crippen LogP contribution in [0.3, 0.4) is 0 Å². The number of imide groups is 1. The summed E-state index contributed by atoms with van der Waals surface area (Å²) in [4.78, 5) is 46.5. The zero-order chi connectivity index (χ0) is 15.7. The van der Waals surface area contributed by atoms with Crippen molar-refractivity contribution >= 4 is 23.8 Å². The van der Waals surface area contributed by atoms with Crippen molar-refractivity contribution in [2.45, 2.75) is 38.5 Å². The van der Waals surface area contributed by atoms with Crippen LogP contribution >= 0.6 is 0 Å². The number of rotatable bonds is 6. The minimum atomic E-state index is -0.987. The smallest absolute Gasteiger partial charge is 0.321 e. The molecule has 0 aromatic carbocycles. The summed E-state index contributed by atoms with van der Waals surface area (Å²) in [6.07, 6.45) is 3.06. The van der Waals surface area contributed by atoms with Crippen molar-refractivity contribution in [3.63, 3.8) is 0 Å². The van der Waals surface area contributed by atoms with Crippen LogP contribution in [0.1, 0.15) is 38.5 Å². The summed E-state index contributed by atoms with van der Waals surface area (Å²) in [6, 6.07) is -0.735. The van der Waals surface area contributed by atoms with Gasteiger partial charge in [0.15, 0.2) is 0 Å². The Kier molecular flexibility index (Phi) is 7.20. The maximum absolute atomic E-state index is 11.8. The standard InChI is InChI=1S/C13H21N3O5/c17-10(5-4-6-12(19)20)15-13(21)14-9-11(18)16-7-2-1-3-8-16/h1-9H2,(H,19,20)(H2,14,15,17,21). The third kappa shape index (κ3) is 7.28. The topological polar surface area (TPSA) is 116 Å². The molecule has 0 bridgehead atoms. The van der Waals surface area contributed by atoms with Crippen LogP contribution in [0.25, 0.3) is 0 Å². The van der Waals surface area contributed by atoms with E-state index in [1.807, 2.05) is 0 Å². The molecular weight excluding hydrogens is 278 g/mol. The van der Waals surface area contributed by atoms with Crippen LogP contribution in [0.2, 0.25) is 0 Å². The van der Waals surface area contributed by atoms with Gasteiger partial charge < -0.3 is 15.3 Å². The second-order valence-corrected chi connectivity index (χ2v) is 4.92. The second kappa shape index (κ2) is 8.93. The predicted molar refractivity (Wildman–Crippen MR) is 73.5 cm³/mol. The van der Waals surface area contributed by atoms with Gasteiger partial charge in [-0.05, 0) is 25.7 Å². The summed E-state index contributed by atoms with van der Waals surface area (Å²) in [7, 11) is 0. The summed E-state index contributed by atoms with van der Waals surface area (Å²) in [5, 5.41) is 12.8. The lowest BCUT2D eigenvalue weighted by atomic mass is 10.1. The Morgan fingerprint density at radius 3 is 2.29 bits per heavy atom. The molecule has 1 aliphatic rings. The van der Waals surface area contributed by atoms with E-state index in [2.05, 4.69) is 10.6 Å². The molecule has 8 nitrogen and oxygen atoms in total. The van der Waals surface area contributed by atoms with Gasteiger partial charge in [0, 0.05) is 25.9 Å². The fourth-order valence-corrected chi connectivity index (χ4v) is 2.04. The number of piperidine rings is 1. The molecule has 0 spiro atoms. The maximum Gasteiger partial charge on any atom is 0.321 e. The molecule has 1 fully saturated rings. The quantitative estimate of drug-likeness (QED) is 0.642. The van der Waals surface area contributed by atoms with Gasteiger partial charge in [-0.2, -0.15) is 0 Å². The summed E-state index contributed by atoms with van der Waals surface area (Å²) >= 11 is 0. The molecule has 0 aliphatic carbocycles. The van der Waals surface area contributed by atoms with Crippen molar-refractivity contribution in [1.29, 1.82) is 0 Å². The molecule has 118 valence electrons. The van der Waals surface area contributed by atoms with Gasteiger partial charge in [-0.3, -0.25) is 19.7 Å². The number of carbonyl (C=O) groups is 4. The third-order valence-electron chi connectivity index (χ3n) is 3.16. The molecular formula is C13H21N3O5. The maximum atomic E-state index is 11.8. The first-order valence-corrected chi connectivity index (χ1v) is 7.06. The van der Waals surface area contributed by atoms with E-state index in [-0.39, 0.29) is 31.7 Å². The van der Waals surface area contributed by atoms with Crippen molar-refractivity contribution in [3.05, 3.63) is 0 Å². The zero-order valence-electron chi connectivity index (χ0n) is 11.9. The molecule has 3 N–H and O–H groups in total. The van der Waals surface area contributed by atoms with Gasteiger partial charge in [0.1, 0.15) is 0 Å². The summed E-state index contributed by atoms with van der Waals surface area (Å²) < 4.78 is 0. The van der Waals surface area contributed by atoms with Crippen LogP contribution in [0.4, 0.5) is 4.79 Å². The number of aliphatic carboxylic acids is 1. The number of amides is 4. The number of hydrogen-bond acceptors (Lipinski definition) is 4. The van der Waals surface area contributed by atoms with E-state index in [9.17, 15) is 19.2 Å². The Morgan fingerprint density at radius 1 is 1.00 bits per heavy atom. The number of nitrogens with zero attached hydrogens (tertiary/aromatic N) is 1. The lowest BCUT2D eigenvalue weighted by Gasteiger charge is -2.26. The Balaban J connectivity index is 2.16. The van der Waals surface area contributed by atoms with Crippen molar-refractivity contribution in [2.24, 2.45) is 0 Å². The van der Waals surface area contributed by atoms with Crippen LogP contribution in [0, 0.1) is 0 Å². The number of hydrogen-bond donors (Lipinski definition) is 3. The summed E-state index contributed by atoms with van der Waals surface area (Å²) in [5.74, 6) is -1.71. The molecule has 0 aromatic heterocycles.